The van der Waals surface area contributed by atoms with Crippen molar-refractivity contribution >= 4 is 20.4 Å². The van der Waals surface area contributed by atoms with E-state index < -0.39 is 38.8 Å². The van der Waals surface area contributed by atoms with E-state index >= 15 is 0 Å². The van der Waals surface area contributed by atoms with Gasteiger partial charge in [-0.2, -0.15) is 0 Å². The molecule has 0 aromatic heterocycles. The average molecular weight is 390 g/mol. The third-order valence-corrected chi connectivity index (χ3v) is 8.76. The first-order chi connectivity index (χ1) is 11.6. The maximum Gasteiger partial charge on any atom is 0.412 e. The quantitative estimate of drug-likeness (QED) is 0.311. The third kappa shape index (κ3) is 8.33. The number of carbonyl (C=O) groups is 2. The lowest BCUT2D eigenvalue weighted by Gasteiger charge is -2.38. The van der Waals surface area contributed by atoms with Crippen LogP contribution in [0.1, 0.15) is 41.5 Å². The number of amides is 1. The Hall–Kier alpha value is -1.38. The minimum atomic E-state index is -2.08. The van der Waals surface area contributed by atoms with Gasteiger partial charge in [-0.3, -0.25) is 4.90 Å². The molecule has 0 saturated carbocycles. The molecule has 8 heteroatoms. The molecule has 0 aliphatic heterocycles. The summed E-state index contributed by atoms with van der Waals surface area (Å²) in [6.45, 7) is 15.3. The maximum absolute atomic E-state index is 12.4. The lowest BCUT2D eigenvalue weighted by Crippen LogP contribution is -2.49. The smallest absolute Gasteiger partial charge is 0.412 e. The van der Waals surface area contributed by atoms with Gasteiger partial charge >= 0.3 is 12.1 Å². The Bertz CT molecular complexity index is 505. The van der Waals surface area contributed by atoms with E-state index in [0.29, 0.717) is 0 Å². The highest BCUT2D eigenvalue weighted by molar-refractivity contribution is 6.74. The van der Waals surface area contributed by atoms with Crippen molar-refractivity contribution in [2.24, 2.45) is 0 Å². The molecule has 0 aliphatic carbocycles. The molecule has 0 rings (SSSR count). The van der Waals surface area contributed by atoms with E-state index in [0.717, 1.165) is 4.90 Å². The fraction of sp³-hybridized carbons (Fsp3) is 0.778. The molecule has 7 nitrogen and oxygen atoms in total. The van der Waals surface area contributed by atoms with Crippen molar-refractivity contribution in [2.75, 3.05) is 20.4 Å². The van der Waals surface area contributed by atoms with E-state index in [1.54, 1.807) is 20.8 Å². The van der Waals surface area contributed by atoms with E-state index in [1.807, 2.05) is 0 Å². The number of methoxy groups -OCH3 is 1. The van der Waals surface area contributed by atoms with E-state index in [1.165, 1.54) is 19.3 Å². The Morgan fingerprint density at radius 3 is 2.08 bits per heavy atom. The number of rotatable bonds is 7. The number of hydrogen-bond donors (Lipinski definition) is 1. The molecule has 1 N–H and O–H groups in total. The summed E-state index contributed by atoms with van der Waals surface area (Å²) < 4.78 is 16.1. The number of hydrogen-bond acceptors (Lipinski definition) is 6. The molecule has 0 bridgehead atoms. The predicted molar refractivity (Wildman–Crippen MR) is 103 cm³/mol. The minimum Gasteiger partial charge on any atom is -0.466 e. The van der Waals surface area contributed by atoms with E-state index in [2.05, 4.69) is 38.6 Å². The average Bonchev–Trinajstić information content (AvgIpc) is 2.46. The Balaban J connectivity index is 5.46. The van der Waals surface area contributed by atoms with Crippen LogP contribution >= 0.6 is 0 Å². The lowest BCUT2D eigenvalue weighted by atomic mass is 10.2. The van der Waals surface area contributed by atoms with Crippen molar-refractivity contribution in [2.45, 2.75) is 71.3 Å². The largest absolute Gasteiger partial charge is 0.466 e. The lowest BCUT2D eigenvalue weighted by molar-refractivity contribution is -0.134. The first-order valence-electron chi connectivity index (χ1n) is 8.65. The number of ether oxygens (including phenoxy) is 2. The van der Waals surface area contributed by atoms with Gasteiger partial charge in [-0.25, -0.2) is 9.59 Å². The van der Waals surface area contributed by atoms with Crippen LogP contribution in [0.2, 0.25) is 18.1 Å². The summed E-state index contributed by atoms with van der Waals surface area (Å²) in [5, 5.41) is 9.69. The van der Waals surface area contributed by atoms with Gasteiger partial charge in [0.15, 0.2) is 8.32 Å². The molecule has 0 aliphatic rings. The van der Waals surface area contributed by atoms with Crippen LogP contribution < -0.4 is 0 Å². The summed E-state index contributed by atoms with van der Waals surface area (Å²) in [5.74, 6) is -0.551. The second-order valence-corrected chi connectivity index (χ2v) is 13.4. The molecule has 0 spiro atoms. The molecule has 0 aromatic carbocycles. The molecular formula is C18H35NO6Si. The third-order valence-electron chi connectivity index (χ3n) is 4.26. The zero-order valence-electron chi connectivity index (χ0n) is 17.6. The van der Waals surface area contributed by atoms with Gasteiger partial charge in [-0.15, -0.1) is 0 Å². The highest BCUT2D eigenvalue weighted by atomic mass is 28.4. The van der Waals surface area contributed by atoms with Gasteiger partial charge in [0.2, 0.25) is 0 Å². The zero-order valence-corrected chi connectivity index (χ0v) is 18.6. The van der Waals surface area contributed by atoms with Crippen molar-refractivity contribution in [1.82, 2.24) is 4.90 Å². The van der Waals surface area contributed by atoms with Crippen molar-refractivity contribution < 1.29 is 28.6 Å². The molecule has 0 fully saturated rings. The van der Waals surface area contributed by atoms with Gasteiger partial charge in [-0.1, -0.05) is 26.8 Å². The summed E-state index contributed by atoms with van der Waals surface area (Å²) in [5.41, 5.74) is -0.707. The van der Waals surface area contributed by atoms with Crippen LogP contribution in [-0.4, -0.2) is 62.5 Å². The molecule has 0 unspecified atom stereocenters. The molecule has 0 heterocycles. The Morgan fingerprint density at radius 1 is 1.15 bits per heavy atom. The number of carbonyl (C=O) groups excluding carboxylic acids is 2. The van der Waals surface area contributed by atoms with Crippen LogP contribution in [0.4, 0.5) is 4.79 Å². The SMILES string of the molecule is COC(=O)/C=C/[C@@H](CO[Si](C)(C)C(C)(C)C)N(CO)C(=O)OC(C)(C)C. The van der Waals surface area contributed by atoms with Crippen LogP contribution in [0.3, 0.4) is 0 Å². The number of aliphatic hydroxyl groups is 1. The molecule has 152 valence electrons. The zero-order chi connectivity index (χ0) is 20.8. The Labute approximate surface area is 158 Å². The normalized spacial score (nSPS) is 14.2. The van der Waals surface area contributed by atoms with Gasteiger partial charge in [0.05, 0.1) is 19.8 Å². The summed E-state index contributed by atoms with van der Waals surface area (Å²) in [7, 11) is -0.814. The highest BCUT2D eigenvalue weighted by Gasteiger charge is 2.38. The Morgan fingerprint density at radius 2 is 1.69 bits per heavy atom. The van der Waals surface area contributed by atoms with Crippen molar-refractivity contribution in [1.29, 1.82) is 0 Å². The van der Waals surface area contributed by atoms with Gasteiger partial charge in [0.25, 0.3) is 0 Å². The fourth-order valence-electron chi connectivity index (χ4n) is 1.64. The van der Waals surface area contributed by atoms with Crippen molar-refractivity contribution in [3.63, 3.8) is 0 Å². The molecule has 1 amide bonds. The monoisotopic (exact) mass is 389 g/mol. The van der Waals surface area contributed by atoms with Crippen LogP contribution in [0, 0.1) is 0 Å². The van der Waals surface area contributed by atoms with Crippen LogP contribution in [0.15, 0.2) is 12.2 Å². The van der Waals surface area contributed by atoms with E-state index in [9.17, 15) is 14.7 Å². The van der Waals surface area contributed by atoms with Gasteiger partial charge in [0.1, 0.15) is 12.3 Å². The first kappa shape index (κ1) is 24.6. The van der Waals surface area contributed by atoms with Gasteiger partial charge in [-0.05, 0) is 38.9 Å². The van der Waals surface area contributed by atoms with Crippen LogP contribution in [0.5, 0.6) is 0 Å². The predicted octanol–water partition coefficient (Wildman–Crippen LogP) is 3.29. The van der Waals surface area contributed by atoms with E-state index in [4.69, 9.17) is 9.16 Å². The van der Waals surface area contributed by atoms with Crippen molar-refractivity contribution in [3.8, 4) is 0 Å². The summed E-state index contributed by atoms with van der Waals surface area (Å²) >= 11 is 0. The van der Waals surface area contributed by atoms with Crippen LogP contribution in [-0.2, 0) is 18.7 Å². The summed E-state index contributed by atoms with van der Waals surface area (Å²) in [4.78, 5) is 25.0. The molecule has 1 atom stereocenters. The summed E-state index contributed by atoms with van der Waals surface area (Å²) in [6.07, 6.45) is 2.02. The second-order valence-electron chi connectivity index (χ2n) is 8.61. The van der Waals surface area contributed by atoms with Crippen LogP contribution in [0.25, 0.3) is 0 Å². The summed E-state index contributed by atoms with van der Waals surface area (Å²) in [6, 6.07) is -0.664. The first-order valence-corrected chi connectivity index (χ1v) is 11.6. The van der Waals surface area contributed by atoms with E-state index in [-0.39, 0.29) is 11.6 Å². The molecule has 0 saturated heterocycles. The maximum atomic E-state index is 12.4. The number of nitrogens with zero attached hydrogens (tertiary/aromatic N) is 1. The number of aliphatic hydroxyl groups excluding tert-OH is 1. The topological polar surface area (TPSA) is 85.3 Å². The van der Waals surface area contributed by atoms with Gasteiger partial charge < -0.3 is 19.0 Å². The molecule has 0 aromatic rings. The van der Waals surface area contributed by atoms with Gasteiger partial charge in [0, 0.05) is 6.08 Å². The standard InChI is InChI=1S/C18H35NO6Si/c1-17(2,3)25-16(22)19(13-20)14(10-11-15(21)23-7)12-24-26(8,9)18(4,5)6/h10-11,14,20H,12-13H2,1-9H3/b11-10+/t14-/m0/s1. The minimum absolute atomic E-state index is 0.0143. The highest BCUT2D eigenvalue weighted by Crippen LogP contribution is 2.36. The molecule has 26 heavy (non-hydrogen) atoms. The fourth-order valence-corrected chi connectivity index (χ4v) is 2.66. The Kier molecular flexibility index (Phi) is 9.02. The molecular weight excluding hydrogens is 354 g/mol. The number of esters is 1. The second kappa shape index (κ2) is 9.52. The van der Waals surface area contributed by atoms with Crippen molar-refractivity contribution in [3.05, 3.63) is 12.2 Å². The molecule has 0 radical (unpaired) electrons.